The van der Waals surface area contributed by atoms with Gasteiger partial charge in [0.15, 0.2) is 0 Å². The van der Waals surface area contributed by atoms with Crippen molar-refractivity contribution in [2.75, 3.05) is 5.73 Å². The fraction of sp³-hybridized carbons (Fsp3) is 0.150. The third kappa shape index (κ3) is 2.99. The van der Waals surface area contributed by atoms with Gasteiger partial charge in [0, 0.05) is 12.1 Å². The molecule has 0 spiro atoms. The summed E-state index contributed by atoms with van der Waals surface area (Å²) in [6.07, 6.45) is 5.61. The normalized spacial score (nSPS) is 11.0. The van der Waals surface area contributed by atoms with Crippen LogP contribution in [0.5, 0.6) is 0 Å². The molecular formula is C20H19N5S. The maximum Gasteiger partial charge on any atom is 0.135 e. The zero-order valence-electron chi connectivity index (χ0n) is 14.7. The average Bonchev–Trinajstić information content (AvgIpc) is 3.25. The van der Waals surface area contributed by atoms with Gasteiger partial charge in [0.25, 0.3) is 0 Å². The van der Waals surface area contributed by atoms with Gasteiger partial charge in [-0.15, -0.1) is 11.3 Å². The van der Waals surface area contributed by atoms with Crippen LogP contribution in [-0.4, -0.2) is 19.5 Å². The molecule has 2 N–H and O–H groups in total. The first-order valence-electron chi connectivity index (χ1n) is 8.38. The number of nitrogens with zero attached hydrogens (tertiary/aromatic N) is 4. The molecule has 0 amide bonds. The van der Waals surface area contributed by atoms with Gasteiger partial charge < -0.3 is 10.3 Å². The Balaban J connectivity index is 1.92. The molecule has 1 aromatic carbocycles. The minimum Gasteiger partial charge on any atom is -0.383 e. The Kier molecular flexibility index (Phi) is 4.26. The van der Waals surface area contributed by atoms with Crippen LogP contribution >= 0.6 is 11.3 Å². The minimum absolute atomic E-state index is 0.508. The van der Waals surface area contributed by atoms with Crippen molar-refractivity contribution >= 4 is 27.4 Å². The van der Waals surface area contributed by atoms with E-state index in [1.807, 2.05) is 24.5 Å². The highest BCUT2D eigenvalue weighted by molar-refractivity contribution is 7.21. The van der Waals surface area contributed by atoms with Gasteiger partial charge in [0.1, 0.15) is 17.0 Å². The van der Waals surface area contributed by atoms with E-state index in [0.717, 1.165) is 38.6 Å². The van der Waals surface area contributed by atoms with E-state index < -0.39 is 0 Å². The van der Waals surface area contributed by atoms with E-state index in [1.165, 1.54) is 11.9 Å². The number of nitrogen functional groups attached to an aromatic ring is 1. The Hall–Kier alpha value is -2.99. The first kappa shape index (κ1) is 16.5. The van der Waals surface area contributed by atoms with Crippen LogP contribution in [-0.2, 0) is 6.54 Å². The largest absolute Gasteiger partial charge is 0.383 e. The van der Waals surface area contributed by atoms with Crippen molar-refractivity contribution in [1.29, 1.82) is 0 Å². The summed E-state index contributed by atoms with van der Waals surface area (Å²) in [5.41, 5.74) is 10.4. The number of imidazole rings is 1. The molecule has 0 aliphatic heterocycles. The molecule has 130 valence electrons. The molecule has 4 rings (SSSR count). The van der Waals surface area contributed by atoms with Crippen LogP contribution in [0.25, 0.3) is 32.0 Å². The van der Waals surface area contributed by atoms with Crippen LogP contribution in [0.3, 0.4) is 0 Å². The molecule has 3 aromatic heterocycles. The number of rotatable bonds is 4. The highest BCUT2D eigenvalue weighted by atomic mass is 32.1. The molecule has 26 heavy (non-hydrogen) atoms. The summed E-state index contributed by atoms with van der Waals surface area (Å²) in [5.74, 6) is 0.508. The molecule has 0 atom stereocenters. The molecule has 0 bridgehead atoms. The van der Waals surface area contributed by atoms with E-state index in [2.05, 4.69) is 52.7 Å². The third-order valence-corrected chi connectivity index (χ3v) is 5.22. The fourth-order valence-corrected chi connectivity index (χ4v) is 3.93. The molecule has 0 radical (unpaired) electrons. The molecule has 4 aromatic rings. The van der Waals surface area contributed by atoms with Gasteiger partial charge in [-0.05, 0) is 19.9 Å². The number of benzene rings is 1. The number of hydrogen-bond donors (Lipinski definition) is 1. The van der Waals surface area contributed by atoms with Crippen molar-refractivity contribution in [2.24, 2.45) is 0 Å². The third-order valence-electron chi connectivity index (χ3n) is 4.17. The smallest absolute Gasteiger partial charge is 0.135 e. The highest BCUT2D eigenvalue weighted by Crippen LogP contribution is 2.38. The Bertz CT molecular complexity index is 1090. The molecule has 0 saturated heterocycles. The summed E-state index contributed by atoms with van der Waals surface area (Å²) >= 11 is 1.61. The van der Waals surface area contributed by atoms with Gasteiger partial charge in [0.2, 0.25) is 0 Å². The zero-order chi connectivity index (χ0) is 18.1. The quantitative estimate of drug-likeness (QED) is 0.532. The van der Waals surface area contributed by atoms with Gasteiger partial charge >= 0.3 is 0 Å². The van der Waals surface area contributed by atoms with E-state index in [-0.39, 0.29) is 0 Å². The second kappa shape index (κ2) is 6.72. The van der Waals surface area contributed by atoms with Crippen molar-refractivity contribution in [3.8, 4) is 21.8 Å². The molecule has 0 unspecified atom stereocenters. The minimum atomic E-state index is 0.508. The summed E-state index contributed by atoms with van der Waals surface area (Å²) in [5, 5.41) is 0.890. The Labute approximate surface area is 155 Å². The van der Waals surface area contributed by atoms with E-state index in [1.54, 1.807) is 11.3 Å². The van der Waals surface area contributed by atoms with E-state index in [9.17, 15) is 0 Å². The first-order valence-corrected chi connectivity index (χ1v) is 9.19. The van der Waals surface area contributed by atoms with Crippen molar-refractivity contribution in [3.05, 3.63) is 60.7 Å². The number of anilines is 1. The number of hydrogen-bond acceptors (Lipinski definition) is 5. The van der Waals surface area contributed by atoms with Crippen LogP contribution in [0.4, 0.5) is 5.82 Å². The molecule has 0 saturated carbocycles. The number of nitrogens with two attached hydrogens (primary N) is 1. The monoisotopic (exact) mass is 361 g/mol. The molecular weight excluding hydrogens is 342 g/mol. The van der Waals surface area contributed by atoms with Crippen LogP contribution < -0.4 is 5.73 Å². The number of thiophene rings is 1. The standard InChI is InChI=1S/C20H19N5S/c1-13(2)8-9-25-12-24-17(14-6-4-3-5-7-14)18(25)16-10-15-19(21)22-11-23-20(15)26-16/h3-8,10-12H,9H2,1-2H3,(H2,21,22,23). The van der Waals surface area contributed by atoms with Crippen LogP contribution in [0.15, 0.2) is 60.7 Å². The fourth-order valence-electron chi connectivity index (χ4n) is 2.86. The molecule has 5 nitrogen and oxygen atoms in total. The van der Waals surface area contributed by atoms with Gasteiger partial charge in [-0.3, -0.25) is 0 Å². The van der Waals surface area contributed by atoms with Crippen molar-refractivity contribution < 1.29 is 0 Å². The Morgan fingerprint density at radius 3 is 2.69 bits per heavy atom. The summed E-state index contributed by atoms with van der Waals surface area (Å²) in [6, 6.07) is 12.3. The van der Waals surface area contributed by atoms with Crippen LogP contribution in [0.2, 0.25) is 0 Å². The number of allylic oxidation sites excluding steroid dienone is 2. The van der Waals surface area contributed by atoms with Crippen molar-refractivity contribution in [3.63, 3.8) is 0 Å². The maximum absolute atomic E-state index is 6.03. The topological polar surface area (TPSA) is 69.6 Å². The summed E-state index contributed by atoms with van der Waals surface area (Å²) < 4.78 is 2.17. The van der Waals surface area contributed by atoms with Crippen LogP contribution in [0, 0.1) is 0 Å². The molecule has 0 aliphatic carbocycles. The summed E-state index contributed by atoms with van der Waals surface area (Å²) in [4.78, 5) is 15.2. The lowest BCUT2D eigenvalue weighted by atomic mass is 10.1. The van der Waals surface area contributed by atoms with Gasteiger partial charge in [-0.1, -0.05) is 42.0 Å². The lowest BCUT2D eigenvalue weighted by Gasteiger charge is -2.07. The Morgan fingerprint density at radius 1 is 1.15 bits per heavy atom. The predicted octanol–water partition coefficient (Wildman–Crippen LogP) is 4.77. The number of aromatic nitrogens is 4. The van der Waals surface area contributed by atoms with E-state index in [4.69, 9.17) is 10.7 Å². The van der Waals surface area contributed by atoms with Crippen molar-refractivity contribution in [1.82, 2.24) is 19.5 Å². The maximum atomic E-state index is 6.03. The highest BCUT2D eigenvalue weighted by Gasteiger charge is 2.18. The lowest BCUT2D eigenvalue weighted by Crippen LogP contribution is -1.96. The van der Waals surface area contributed by atoms with Crippen LogP contribution in [0.1, 0.15) is 13.8 Å². The second-order valence-electron chi connectivity index (χ2n) is 6.33. The zero-order valence-corrected chi connectivity index (χ0v) is 15.5. The SMILES string of the molecule is CC(C)=CCn1cnc(-c2ccccc2)c1-c1cc2c(N)ncnc2s1. The van der Waals surface area contributed by atoms with Gasteiger partial charge in [-0.25, -0.2) is 15.0 Å². The van der Waals surface area contributed by atoms with E-state index >= 15 is 0 Å². The molecule has 6 heteroatoms. The molecule has 0 aliphatic rings. The molecule has 3 heterocycles. The molecule has 0 fully saturated rings. The van der Waals surface area contributed by atoms with Crippen molar-refractivity contribution in [2.45, 2.75) is 20.4 Å². The second-order valence-corrected chi connectivity index (χ2v) is 7.36. The first-order chi connectivity index (χ1) is 12.6. The van der Waals surface area contributed by atoms with Gasteiger partial charge in [-0.2, -0.15) is 0 Å². The summed E-state index contributed by atoms with van der Waals surface area (Å²) in [7, 11) is 0. The van der Waals surface area contributed by atoms with E-state index in [0.29, 0.717) is 5.82 Å². The average molecular weight is 361 g/mol. The lowest BCUT2D eigenvalue weighted by molar-refractivity contribution is 0.823. The summed E-state index contributed by atoms with van der Waals surface area (Å²) in [6.45, 7) is 4.97. The Morgan fingerprint density at radius 2 is 1.96 bits per heavy atom. The number of fused-ring (bicyclic) bond motifs is 1. The predicted molar refractivity (Wildman–Crippen MR) is 108 cm³/mol. The van der Waals surface area contributed by atoms with Gasteiger partial charge in [0.05, 0.1) is 28.0 Å².